The third kappa shape index (κ3) is 7.08. The lowest BCUT2D eigenvalue weighted by molar-refractivity contribution is -0.120. The average molecular weight is 304 g/mol. The van der Waals surface area contributed by atoms with Crippen molar-refractivity contribution in [1.29, 1.82) is 0 Å². The van der Waals surface area contributed by atoms with E-state index in [0.29, 0.717) is 18.4 Å². The molecule has 0 spiro atoms. The fourth-order valence-corrected chi connectivity index (χ4v) is 2.63. The van der Waals surface area contributed by atoms with E-state index < -0.39 is 0 Å². The summed E-state index contributed by atoms with van der Waals surface area (Å²) in [6.07, 6.45) is 1.56. The number of likely N-dealkylation sites (N-methyl/N-ethyl adjacent to an activating group) is 1. The van der Waals surface area contributed by atoms with Crippen molar-refractivity contribution in [3.63, 3.8) is 0 Å². The Kier molecular flexibility index (Phi) is 8.18. The summed E-state index contributed by atoms with van der Waals surface area (Å²) in [5.74, 6) is 0.771. The molecule has 0 unspecified atom stereocenters. The van der Waals surface area contributed by atoms with Gasteiger partial charge in [-0.3, -0.25) is 9.69 Å². The van der Waals surface area contributed by atoms with Crippen LogP contribution in [0.3, 0.4) is 0 Å². The molecule has 0 aliphatic heterocycles. The standard InChI is InChI=1S/C19H32N2O/c1-6-21(16(4)5)12-11-20-19(22)14-18-9-7-17(8-10-18)13-15(2)3/h7-10,15-16H,6,11-14H2,1-5H3,(H,20,22). The lowest BCUT2D eigenvalue weighted by Gasteiger charge is -2.24. The third-order valence-corrected chi connectivity index (χ3v) is 3.89. The summed E-state index contributed by atoms with van der Waals surface area (Å²) in [7, 11) is 0. The molecule has 124 valence electrons. The van der Waals surface area contributed by atoms with Gasteiger partial charge in [0.15, 0.2) is 0 Å². The van der Waals surface area contributed by atoms with E-state index in [-0.39, 0.29) is 5.91 Å². The molecule has 0 heterocycles. The minimum absolute atomic E-state index is 0.108. The van der Waals surface area contributed by atoms with Crippen LogP contribution in [0.5, 0.6) is 0 Å². The van der Waals surface area contributed by atoms with Crippen molar-refractivity contribution >= 4 is 5.91 Å². The number of benzene rings is 1. The monoisotopic (exact) mass is 304 g/mol. The summed E-state index contributed by atoms with van der Waals surface area (Å²) in [6, 6.07) is 8.95. The molecule has 0 saturated heterocycles. The minimum atomic E-state index is 0.108. The minimum Gasteiger partial charge on any atom is -0.355 e. The highest BCUT2D eigenvalue weighted by molar-refractivity contribution is 5.78. The Labute approximate surface area is 136 Å². The van der Waals surface area contributed by atoms with Crippen molar-refractivity contribution in [1.82, 2.24) is 10.2 Å². The van der Waals surface area contributed by atoms with Gasteiger partial charge in [0.05, 0.1) is 6.42 Å². The Hall–Kier alpha value is -1.35. The summed E-state index contributed by atoms with van der Waals surface area (Å²) in [4.78, 5) is 14.3. The Bertz CT molecular complexity index is 437. The van der Waals surface area contributed by atoms with Gasteiger partial charge < -0.3 is 5.32 Å². The summed E-state index contributed by atoms with van der Waals surface area (Å²) >= 11 is 0. The highest BCUT2D eigenvalue weighted by Gasteiger charge is 2.08. The van der Waals surface area contributed by atoms with Crippen LogP contribution >= 0.6 is 0 Å². The second kappa shape index (κ2) is 9.62. The Morgan fingerprint density at radius 1 is 1.09 bits per heavy atom. The van der Waals surface area contributed by atoms with Crippen LogP contribution in [0.25, 0.3) is 0 Å². The van der Waals surface area contributed by atoms with Crippen molar-refractivity contribution in [2.45, 2.75) is 53.5 Å². The second-order valence-electron chi connectivity index (χ2n) is 6.66. The fourth-order valence-electron chi connectivity index (χ4n) is 2.63. The molecule has 3 nitrogen and oxygen atoms in total. The van der Waals surface area contributed by atoms with Gasteiger partial charge in [-0.2, -0.15) is 0 Å². The van der Waals surface area contributed by atoms with Crippen molar-refractivity contribution in [2.75, 3.05) is 19.6 Å². The van der Waals surface area contributed by atoms with Gasteiger partial charge in [-0.05, 0) is 43.9 Å². The van der Waals surface area contributed by atoms with E-state index in [1.54, 1.807) is 0 Å². The number of hydrogen-bond donors (Lipinski definition) is 1. The van der Waals surface area contributed by atoms with E-state index in [4.69, 9.17) is 0 Å². The van der Waals surface area contributed by atoms with Crippen molar-refractivity contribution in [2.24, 2.45) is 5.92 Å². The molecule has 1 N–H and O–H groups in total. The predicted octanol–water partition coefficient (Wildman–Crippen LogP) is 3.27. The van der Waals surface area contributed by atoms with Crippen LogP contribution in [0.1, 0.15) is 45.7 Å². The van der Waals surface area contributed by atoms with Gasteiger partial charge in [0.1, 0.15) is 0 Å². The first-order chi connectivity index (χ1) is 10.4. The fraction of sp³-hybridized carbons (Fsp3) is 0.632. The first kappa shape index (κ1) is 18.7. The van der Waals surface area contributed by atoms with E-state index in [1.807, 2.05) is 0 Å². The zero-order chi connectivity index (χ0) is 16.5. The zero-order valence-corrected chi connectivity index (χ0v) is 14.9. The summed E-state index contributed by atoms with van der Waals surface area (Å²) in [6.45, 7) is 13.6. The molecule has 0 bridgehead atoms. The number of carbonyl (C=O) groups is 1. The maximum atomic E-state index is 12.0. The first-order valence-corrected chi connectivity index (χ1v) is 8.51. The first-order valence-electron chi connectivity index (χ1n) is 8.51. The quantitative estimate of drug-likeness (QED) is 0.759. The Balaban J connectivity index is 2.35. The lowest BCUT2D eigenvalue weighted by atomic mass is 10.0. The van der Waals surface area contributed by atoms with Crippen LogP contribution in [0, 0.1) is 5.92 Å². The van der Waals surface area contributed by atoms with E-state index in [9.17, 15) is 4.79 Å². The van der Waals surface area contributed by atoms with E-state index in [1.165, 1.54) is 5.56 Å². The smallest absolute Gasteiger partial charge is 0.224 e. The normalized spacial score (nSPS) is 11.5. The second-order valence-corrected chi connectivity index (χ2v) is 6.66. The van der Waals surface area contributed by atoms with Gasteiger partial charge in [-0.1, -0.05) is 45.0 Å². The average Bonchev–Trinajstić information content (AvgIpc) is 2.44. The Morgan fingerprint density at radius 3 is 2.18 bits per heavy atom. The summed E-state index contributed by atoms with van der Waals surface area (Å²) < 4.78 is 0. The molecule has 0 aliphatic rings. The van der Waals surface area contributed by atoms with E-state index in [2.05, 4.69) is 69.1 Å². The summed E-state index contributed by atoms with van der Waals surface area (Å²) in [5.41, 5.74) is 2.43. The Morgan fingerprint density at radius 2 is 1.68 bits per heavy atom. The highest BCUT2D eigenvalue weighted by atomic mass is 16.1. The molecule has 22 heavy (non-hydrogen) atoms. The van der Waals surface area contributed by atoms with E-state index >= 15 is 0 Å². The maximum absolute atomic E-state index is 12.0. The molecule has 0 aromatic heterocycles. The zero-order valence-electron chi connectivity index (χ0n) is 14.9. The number of carbonyl (C=O) groups excluding carboxylic acids is 1. The van der Waals surface area contributed by atoms with Gasteiger partial charge in [0.25, 0.3) is 0 Å². The predicted molar refractivity (Wildman–Crippen MR) is 94.1 cm³/mol. The van der Waals surface area contributed by atoms with Crippen molar-refractivity contribution in [3.05, 3.63) is 35.4 Å². The van der Waals surface area contributed by atoms with Crippen LogP contribution in [-0.2, 0) is 17.6 Å². The molecule has 0 aliphatic carbocycles. The molecule has 3 heteroatoms. The van der Waals surface area contributed by atoms with Gasteiger partial charge in [0.2, 0.25) is 5.91 Å². The number of nitrogens with one attached hydrogen (secondary N) is 1. The third-order valence-electron chi connectivity index (χ3n) is 3.89. The van der Waals surface area contributed by atoms with Crippen LogP contribution in [0.15, 0.2) is 24.3 Å². The molecule has 0 fully saturated rings. The molecule has 1 rings (SSSR count). The molecular formula is C19H32N2O. The molecular weight excluding hydrogens is 272 g/mol. The number of amides is 1. The number of nitrogens with zero attached hydrogens (tertiary/aromatic N) is 1. The molecule has 0 saturated carbocycles. The van der Waals surface area contributed by atoms with Crippen molar-refractivity contribution < 1.29 is 4.79 Å². The van der Waals surface area contributed by atoms with Crippen LogP contribution < -0.4 is 5.32 Å². The number of hydrogen-bond acceptors (Lipinski definition) is 2. The van der Waals surface area contributed by atoms with Crippen LogP contribution in [0.4, 0.5) is 0 Å². The van der Waals surface area contributed by atoms with Crippen LogP contribution in [0.2, 0.25) is 0 Å². The summed E-state index contributed by atoms with van der Waals surface area (Å²) in [5, 5.41) is 3.02. The number of rotatable bonds is 9. The van der Waals surface area contributed by atoms with Crippen molar-refractivity contribution in [3.8, 4) is 0 Å². The topological polar surface area (TPSA) is 32.3 Å². The van der Waals surface area contributed by atoms with Gasteiger partial charge in [0, 0.05) is 19.1 Å². The molecule has 0 radical (unpaired) electrons. The van der Waals surface area contributed by atoms with E-state index in [0.717, 1.165) is 31.6 Å². The van der Waals surface area contributed by atoms with Crippen LogP contribution in [-0.4, -0.2) is 36.5 Å². The molecule has 1 aromatic rings. The molecule has 1 amide bonds. The lowest BCUT2D eigenvalue weighted by Crippen LogP contribution is -2.38. The highest BCUT2D eigenvalue weighted by Crippen LogP contribution is 2.10. The molecule has 1 aromatic carbocycles. The van der Waals surface area contributed by atoms with Gasteiger partial charge in [-0.15, -0.1) is 0 Å². The van der Waals surface area contributed by atoms with Gasteiger partial charge in [-0.25, -0.2) is 0 Å². The molecule has 0 atom stereocenters. The largest absolute Gasteiger partial charge is 0.355 e. The van der Waals surface area contributed by atoms with Gasteiger partial charge >= 0.3 is 0 Å². The SMILES string of the molecule is CCN(CCNC(=O)Cc1ccc(CC(C)C)cc1)C(C)C. The maximum Gasteiger partial charge on any atom is 0.224 e.